The van der Waals surface area contributed by atoms with Gasteiger partial charge in [-0.1, -0.05) is 20.4 Å². The molecule has 6 nitrogen and oxygen atoms in total. The SMILES string of the molecule is C=C1c2ccnc3oc(=O)n4cn[n+](c4c23)C1(CC)CC. The maximum absolute atomic E-state index is 12.1. The van der Waals surface area contributed by atoms with Crippen molar-refractivity contribution in [3.63, 3.8) is 0 Å². The van der Waals surface area contributed by atoms with Crippen LogP contribution in [0.3, 0.4) is 0 Å². The summed E-state index contributed by atoms with van der Waals surface area (Å²) in [7, 11) is 0. The number of nitrogens with zero attached hydrogens (tertiary/aromatic N) is 4. The molecule has 1 aliphatic rings. The van der Waals surface area contributed by atoms with Gasteiger partial charge in [0, 0.05) is 17.3 Å². The number of rotatable bonds is 2. The molecule has 0 atom stereocenters. The molecule has 0 unspecified atom stereocenters. The molecule has 0 amide bonds. The van der Waals surface area contributed by atoms with E-state index in [-0.39, 0.29) is 5.54 Å². The molecule has 3 aromatic rings. The van der Waals surface area contributed by atoms with Crippen LogP contribution in [0, 0.1) is 0 Å². The van der Waals surface area contributed by atoms with Crippen molar-refractivity contribution in [3.8, 4) is 0 Å². The number of allylic oxidation sites excluding steroid dienone is 1. The van der Waals surface area contributed by atoms with Crippen LogP contribution < -0.4 is 10.4 Å². The lowest BCUT2D eigenvalue weighted by molar-refractivity contribution is -0.778. The highest BCUT2D eigenvalue weighted by molar-refractivity contribution is 5.98. The average Bonchev–Trinajstić information content (AvgIpc) is 2.95. The molecule has 1 aliphatic heterocycles. The van der Waals surface area contributed by atoms with Crippen LogP contribution in [0.5, 0.6) is 0 Å². The molecule has 0 aromatic carbocycles. The van der Waals surface area contributed by atoms with Crippen LogP contribution in [0.1, 0.15) is 32.3 Å². The van der Waals surface area contributed by atoms with Crippen molar-refractivity contribution in [1.29, 1.82) is 0 Å². The van der Waals surface area contributed by atoms with Gasteiger partial charge in [-0.25, -0.2) is 4.98 Å². The first-order chi connectivity index (χ1) is 10.1. The van der Waals surface area contributed by atoms with Gasteiger partial charge in [0.05, 0.1) is 0 Å². The Labute approximate surface area is 120 Å². The van der Waals surface area contributed by atoms with E-state index in [4.69, 9.17) is 4.42 Å². The largest absolute Gasteiger partial charge is 0.520 e. The Bertz CT molecular complexity index is 963. The van der Waals surface area contributed by atoms with Gasteiger partial charge in [0.15, 0.2) is 5.54 Å². The highest BCUT2D eigenvalue weighted by Crippen LogP contribution is 2.41. The summed E-state index contributed by atoms with van der Waals surface area (Å²) < 4.78 is 8.64. The van der Waals surface area contributed by atoms with Crippen LogP contribution in [-0.4, -0.2) is 14.5 Å². The number of pyridine rings is 1. The Morgan fingerprint density at radius 1 is 1.43 bits per heavy atom. The van der Waals surface area contributed by atoms with Crippen LogP contribution in [0.15, 0.2) is 34.4 Å². The lowest BCUT2D eigenvalue weighted by Crippen LogP contribution is -2.59. The van der Waals surface area contributed by atoms with Gasteiger partial charge in [-0.15, -0.1) is 9.08 Å². The molecule has 0 aliphatic carbocycles. The van der Waals surface area contributed by atoms with Gasteiger partial charge in [0.1, 0.15) is 5.39 Å². The third kappa shape index (κ3) is 1.23. The van der Waals surface area contributed by atoms with Gasteiger partial charge in [0.2, 0.25) is 12.0 Å². The first-order valence-corrected chi connectivity index (χ1v) is 7.05. The predicted octanol–water partition coefficient (Wildman–Crippen LogP) is 1.67. The quantitative estimate of drug-likeness (QED) is 0.671. The second-order valence-corrected chi connectivity index (χ2v) is 5.36. The predicted molar refractivity (Wildman–Crippen MR) is 76.8 cm³/mol. The van der Waals surface area contributed by atoms with Gasteiger partial charge in [-0.3, -0.25) is 0 Å². The number of hydrogen-bond donors (Lipinski definition) is 0. The van der Waals surface area contributed by atoms with Crippen molar-refractivity contribution in [2.24, 2.45) is 0 Å². The van der Waals surface area contributed by atoms with Crippen molar-refractivity contribution in [3.05, 3.63) is 41.3 Å². The van der Waals surface area contributed by atoms with E-state index in [1.807, 2.05) is 10.7 Å². The summed E-state index contributed by atoms with van der Waals surface area (Å²) in [5.41, 5.74) is 2.73. The Balaban J connectivity index is 2.35. The molecule has 0 saturated carbocycles. The number of hydrogen-bond acceptors (Lipinski definition) is 4. The fourth-order valence-corrected chi connectivity index (χ4v) is 3.46. The molecule has 0 spiro atoms. The van der Waals surface area contributed by atoms with E-state index in [2.05, 4.69) is 30.5 Å². The zero-order valence-corrected chi connectivity index (χ0v) is 12.0. The first-order valence-electron chi connectivity index (χ1n) is 7.05. The molecule has 3 aromatic heterocycles. The maximum atomic E-state index is 12.1. The summed E-state index contributed by atoms with van der Waals surface area (Å²) in [5, 5.41) is 5.25. The molecule has 106 valence electrons. The minimum atomic E-state index is -0.470. The van der Waals surface area contributed by atoms with Crippen molar-refractivity contribution in [1.82, 2.24) is 14.5 Å². The normalized spacial score (nSPS) is 16.2. The van der Waals surface area contributed by atoms with Crippen LogP contribution >= 0.6 is 0 Å². The molecule has 0 radical (unpaired) electrons. The first kappa shape index (κ1) is 12.3. The van der Waals surface area contributed by atoms with Gasteiger partial charge in [0.25, 0.3) is 0 Å². The summed E-state index contributed by atoms with van der Waals surface area (Å²) in [6.07, 6.45) is 4.87. The Kier molecular flexibility index (Phi) is 2.21. The molecule has 4 heterocycles. The van der Waals surface area contributed by atoms with Gasteiger partial charge in [-0.05, 0) is 24.0 Å². The van der Waals surface area contributed by atoms with E-state index in [0.29, 0.717) is 5.71 Å². The van der Waals surface area contributed by atoms with Gasteiger partial charge >= 0.3 is 11.4 Å². The summed E-state index contributed by atoms with van der Waals surface area (Å²) in [6, 6.07) is 1.93. The third-order valence-corrected chi connectivity index (χ3v) is 4.69. The van der Waals surface area contributed by atoms with E-state index in [1.165, 1.54) is 10.7 Å². The van der Waals surface area contributed by atoms with Crippen LogP contribution in [0.2, 0.25) is 0 Å². The Hall–Kier alpha value is -2.50. The van der Waals surface area contributed by atoms with Crippen molar-refractivity contribution in [2.75, 3.05) is 0 Å². The van der Waals surface area contributed by atoms with E-state index < -0.39 is 5.76 Å². The van der Waals surface area contributed by atoms with Crippen molar-refractivity contribution >= 4 is 22.3 Å². The van der Waals surface area contributed by atoms with E-state index in [9.17, 15) is 4.79 Å². The fraction of sp³-hybridized carbons (Fsp3) is 0.333. The minimum absolute atomic E-state index is 0.316. The molecule has 21 heavy (non-hydrogen) atoms. The molecule has 0 fully saturated rings. The van der Waals surface area contributed by atoms with E-state index in [1.54, 1.807) is 6.20 Å². The smallest absolute Gasteiger partial charge is 0.372 e. The van der Waals surface area contributed by atoms with Crippen LogP contribution in [0.4, 0.5) is 0 Å². The topological polar surface area (TPSA) is 64.3 Å². The summed E-state index contributed by atoms with van der Waals surface area (Å²) >= 11 is 0. The summed E-state index contributed by atoms with van der Waals surface area (Å²) in [6.45, 7) is 8.53. The fourth-order valence-electron chi connectivity index (χ4n) is 3.46. The van der Waals surface area contributed by atoms with Crippen LogP contribution in [0.25, 0.3) is 22.3 Å². The summed E-state index contributed by atoms with van der Waals surface area (Å²) in [5.74, 6) is -0.470. The second kappa shape index (κ2) is 3.78. The number of aromatic nitrogens is 4. The Morgan fingerprint density at radius 3 is 2.90 bits per heavy atom. The molecule has 4 rings (SSSR count). The van der Waals surface area contributed by atoms with Crippen LogP contribution in [-0.2, 0) is 5.54 Å². The lowest BCUT2D eigenvalue weighted by atomic mass is 9.79. The van der Waals surface area contributed by atoms with E-state index in [0.717, 1.165) is 35.0 Å². The molecule has 0 N–H and O–H groups in total. The highest BCUT2D eigenvalue weighted by atomic mass is 16.4. The molecular weight excluding hydrogens is 268 g/mol. The lowest BCUT2D eigenvalue weighted by Gasteiger charge is -2.32. The second-order valence-electron chi connectivity index (χ2n) is 5.36. The molecule has 0 saturated heterocycles. The molecule has 6 heteroatoms. The van der Waals surface area contributed by atoms with Crippen molar-refractivity contribution < 1.29 is 9.10 Å². The zero-order chi connectivity index (χ0) is 14.8. The maximum Gasteiger partial charge on any atom is 0.520 e. The monoisotopic (exact) mass is 283 g/mol. The highest BCUT2D eigenvalue weighted by Gasteiger charge is 2.46. The minimum Gasteiger partial charge on any atom is -0.372 e. The Morgan fingerprint density at radius 2 is 2.19 bits per heavy atom. The zero-order valence-electron chi connectivity index (χ0n) is 12.0. The molecular formula is C15H15N4O2+. The van der Waals surface area contributed by atoms with Gasteiger partial charge in [-0.2, -0.15) is 4.79 Å². The van der Waals surface area contributed by atoms with E-state index >= 15 is 0 Å². The average molecular weight is 283 g/mol. The summed E-state index contributed by atoms with van der Waals surface area (Å²) in [4.78, 5) is 16.3. The van der Waals surface area contributed by atoms with Gasteiger partial charge < -0.3 is 4.42 Å². The standard InChI is InChI=1S/C15H15N4O2/c1-4-15(5-2)9(3)10-6-7-16-12-11(10)13-18(14(20)21-12)8-17-19(13)15/h6-8H,3-5H2,1-2H3/q+1. The molecule has 0 bridgehead atoms. The third-order valence-electron chi connectivity index (χ3n) is 4.69. The van der Waals surface area contributed by atoms with Crippen molar-refractivity contribution in [2.45, 2.75) is 32.2 Å².